The molecule has 4 heterocycles. The number of methoxy groups -OCH3 is 2. The topological polar surface area (TPSA) is 101 Å². The lowest BCUT2D eigenvalue weighted by Gasteiger charge is -2.37. The number of Topliss-reactive ketones (excluding diaryl/α,β-unsaturated/α-hetero) is 1. The fourth-order valence-corrected chi connectivity index (χ4v) is 5.81. The Labute approximate surface area is 230 Å². The minimum atomic E-state index is -0.472. The molecule has 2 aromatic carbocycles. The highest BCUT2D eigenvalue weighted by Crippen LogP contribution is 2.51. The van der Waals surface area contributed by atoms with Crippen molar-refractivity contribution in [2.75, 3.05) is 14.2 Å². The number of para-hydroxylation sites is 1. The number of ketones is 1. The Morgan fingerprint density at radius 1 is 0.975 bits per heavy atom. The summed E-state index contributed by atoms with van der Waals surface area (Å²) in [6.45, 7) is 4.16. The fraction of sp³-hybridized carbons (Fsp3) is 0.258. The summed E-state index contributed by atoms with van der Waals surface area (Å²) in [6.07, 6.45) is 2.64. The molecule has 5 aromatic rings. The van der Waals surface area contributed by atoms with Crippen LogP contribution in [0.4, 0.5) is 0 Å². The van der Waals surface area contributed by atoms with Crippen LogP contribution in [0.15, 0.2) is 72.3 Å². The molecule has 0 saturated heterocycles. The number of nitrogens with zero attached hydrogens (tertiary/aromatic N) is 5. The van der Waals surface area contributed by atoms with Gasteiger partial charge in [-0.15, -0.1) is 5.10 Å². The van der Waals surface area contributed by atoms with Crippen LogP contribution in [-0.4, -0.2) is 44.6 Å². The lowest BCUT2D eigenvalue weighted by Crippen LogP contribution is -2.33. The molecule has 0 bridgehead atoms. The summed E-state index contributed by atoms with van der Waals surface area (Å²) < 4.78 is 19.1. The Kier molecular flexibility index (Phi) is 5.38. The van der Waals surface area contributed by atoms with E-state index in [1.54, 1.807) is 25.1 Å². The van der Waals surface area contributed by atoms with Crippen molar-refractivity contribution in [1.29, 1.82) is 0 Å². The molecule has 0 unspecified atom stereocenters. The Bertz CT molecular complexity index is 1870. The first kappa shape index (κ1) is 24.3. The van der Waals surface area contributed by atoms with Crippen molar-refractivity contribution in [3.8, 4) is 28.9 Å². The van der Waals surface area contributed by atoms with E-state index in [1.165, 1.54) is 0 Å². The van der Waals surface area contributed by atoms with E-state index in [4.69, 9.17) is 29.3 Å². The maximum Gasteiger partial charge on any atom is 0.228 e. The number of pyridine rings is 1. The fourth-order valence-electron chi connectivity index (χ4n) is 5.81. The van der Waals surface area contributed by atoms with Crippen molar-refractivity contribution < 1.29 is 19.0 Å². The van der Waals surface area contributed by atoms with Crippen LogP contribution in [0.2, 0.25) is 0 Å². The molecule has 7 rings (SSSR count). The van der Waals surface area contributed by atoms with Gasteiger partial charge >= 0.3 is 0 Å². The molecule has 0 fully saturated rings. The van der Waals surface area contributed by atoms with E-state index in [0.29, 0.717) is 64.3 Å². The van der Waals surface area contributed by atoms with Gasteiger partial charge in [0.2, 0.25) is 11.7 Å². The zero-order valence-corrected chi connectivity index (χ0v) is 22.6. The van der Waals surface area contributed by atoms with Crippen LogP contribution >= 0.6 is 0 Å². The van der Waals surface area contributed by atoms with Gasteiger partial charge < -0.3 is 14.2 Å². The molecule has 1 atom stereocenters. The van der Waals surface area contributed by atoms with E-state index in [1.807, 2.05) is 54.6 Å². The first-order chi connectivity index (χ1) is 19.3. The van der Waals surface area contributed by atoms with Crippen LogP contribution in [0.25, 0.3) is 28.1 Å². The minimum Gasteiger partial charge on any atom is -0.493 e. The highest BCUT2D eigenvalue weighted by Gasteiger charge is 2.44. The van der Waals surface area contributed by atoms with Crippen molar-refractivity contribution in [2.24, 2.45) is 5.41 Å². The highest BCUT2D eigenvalue weighted by molar-refractivity contribution is 6.00. The number of hydrogen-bond acceptors (Lipinski definition) is 8. The van der Waals surface area contributed by atoms with Crippen LogP contribution in [0, 0.1) is 5.41 Å². The van der Waals surface area contributed by atoms with Gasteiger partial charge in [0.25, 0.3) is 0 Å². The number of benzene rings is 2. The SMILES string of the molecule is COc1ccc([C@@H]2C3=C(CC(C)(C)CC3=O)Oc3ncn4nc(-c5ccc6ccccc6n5)nc4c32)cc1OC. The second kappa shape index (κ2) is 8.87. The van der Waals surface area contributed by atoms with Gasteiger partial charge in [-0.3, -0.25) is 4.79 Å². The van der Waals surface area contributed by atoms with Crippen molar-refractivity contribution >= 4 is 22.3 Å². The summed E-state index contributed by atoms with van der Waals surface area (Å²) in [4.78, 5) is 28.1. The molecular formula is C31H27N5O4. The summed E-state index contributed by atoms with van der Waals surface area (Å²) in [5.41, 5.74) is 4.00. The van der Waals surface area contributed by atoms with E-state index >= 15 is 0 Å². The van der Waals surface area contributed by atoms with E-state index in [2.05, 4.69) is 18.8 Å². The van der Waals surface area contributed by atoms with Crippen LogP contribution in [0.3, 0.4) is 0 Å². The Morgan fingerprint density at radius 3 is 2.62 bits per heavy atom. The summed E-state index contributed by atoms with van der Waals surface area (Å²) in [5.74, 6) is 2.29. The quantitative estimate of drug-likeness (QED) is 0.298. The van der Waals surface area contributed by atoms with Crippen molar-refractivity contribution in [1.82, 2.24) is 24.6 Å². The number of aromatic nitrogens is 5. The lowest BCUT2D eigenvalue weighted by atomic mass is 9.70. The number of allylic oxidation sites excluding steroid dienone is 2. The molecule has 1 aliphatic carbocycles. The number of rotatable bonds is 4. The summed E-state index contributed by atoms with van der Waals surface area (Å²) >= 11 is 0. The second-order valence-corrected chi connectivity index (χ2v) is 11.0. The average molecular weight is 534 g/mol. The Balaban J connectivity index is 1.45. The van der Waals surface area contributed by atoms with E-state index in [9.17, 15) is 4.79 Å². The molecule has 0 N–H and O–H groups in total. The first-order valence-corrected chi connectivity index (χ1v) is 13.1. The van der Waals surface area contributed by atoms with Gasteiger partial charge in [-0.05, 0) is 35.2 Å². The predicted molar refractivity (Wildman–Crippen MR) is 149 cm³/mol. The molecule has 40 heavy (non-hydrogen) atoms. The molecule has 9 nitrogen and oxygen atoms in total. The third-order valence-electron chi connectivity index (χ3n) is 7.63. The number of ether oxygens (including phenoxy) is 3. The Hall–Kier alpha value is -4.79. The van der Waals surface area contributed by atoms with E-state index in [0.717, 1.165) is 16.5 Å². The highest BCUT2D eigenvalue weighted by atomic mass is 16.5. The number of hydrogen-bond donors (Lipinski definition) is 0. The monoisotopic (exact) mass is 533 g/mol. The van der Waals surface area contributed by atoms with Gasteiger partial charge in [0.1, 0.15) is 17.8 Å². The molecular weight excluding hydrogens is 506 g/mol. The first-order valence-electron chi connectivity index (χ1n) is 13.1. The largest absolute Gasteiger partial charge is 0.493 e. The van der Waals surface area contributed by atoms with Gasteiger partial charge in [0, 0.05) is 23.8 Å². The van der Waals surface area contributed by atoms with Gasteiger partial charge in [-0.2, -0.15) is 0 Å². The average Bonchev–Trinajstić information content (AvgIpc) is 3.39. The molecule has 0 saturated carbocycles. The second-order valence-electron chi connectivity index (χ2n) is 11.0. The smallest absolute Gasteiger partial charge is 0.228 e. The molecule has 2 aliphatic rings. The molecule has 0 radical (unpaired) electrons. The predicted octanol–water partition coefficient (Wildman–Crippen LogP) is 5.52. The van der Waals surface area contributed by atoms with Crippen LogP contribution in [0.5, 0.6) is 17.4 Å². The number of fused-ring (bicyclic) bond motifs is 4. The molecule has 3 aromatic heterocycles. The van der Waals surface area contributed by atoms with Gasteiger partial charge in [-0.25, -0.2) is 19.5 Å². The molecule has 1 aliphatic heterocycles. The minimum absolute atomic E-state index is 0.0506. The van der Waals surface area contributed by atoms with Crippen LogP contribution in [0.1, 0.15) is 43.7 Å². The number of carbonyl (C=O) groups excluding carboxylic acids is 1. The summed E-state index contributed by atoms with van der Waals surface area (Å²) in [6, 6.07) is 17.5. The van der Waals surface area contributed by atoms with Crippen LogP contribution in [-0.2, 0) is 4.79 Å². The lowest BCUT2D eigenvalue weighted by molar-refractivity contribution is -0.118. The van der Waals surface area contributed by atoms with E-state index < -0.39 is 5.92 Å². The molecule has 9 heteroatoms. The van der Waals surface area contributed by atoms with E-state index in [-0.39, 0.29) is 11.2 Å². The van der Waals surface area contributed by atoms with Crippen molar-refractivity contribution in [3.63, 3.8) is 0 Å². The summed E-state index contributed by atoms with van der Waals surface area (Å²) in [5, 5.41) is 5.75. The third-order valence-corrected chi connectivity index (χ3v) is 7.63. The van der Waals surface area contributed by atoms with Gasteiger partial charge in [0.05, 0.1) is 31.2 Å². The maximum absolute atomic E-state index is 13.7. The van der Waals surface area contributed by atoms with Crippen molar-refractivity contribution in [2.45, 2.75) is 32.6 Å². The Morgan fingerprint density at radius 2 is 1.80 bits per heavy atom. The molecule has 0 spiro atoms. The maximum atomic E-state index is 13.7. The zero-order chi connectivity index (χ0) is 27.6. The molecule has 200 valence electrons. The third kappa shape index (κ3) is 3.80. The van der Waals surface area contributed by atoms with Crippen molar-refractivity contribution in [3.05, 3.63) is 83.4 Å². The normalized spacial score (nSPS) is 17.9. The number of carbonyl (C=O) groups is 1. The zero-order valence-electron chi connectivity index (χ0n) is 22.6. The molecule has 0 amide bonds. The van der Waals surface area contributed by atoms with Gasteiger partial charge in [-0.1, -0.05) is 44.2 Å². The standard InChI is InChI=1S/C31H27N5O4/c1-31(2)14-21(37)26-24(15-31)40-30-27(25(26)18-10-12-22(38-3)23(13-18)39-4)29-34-28(35-36(29)16-32-30)20-11-9-17-7-5-6-8-19(17)33-20/h5-13,16,25H,14-15H2,1-4H3/t25-/m1/s1. The summed E-state index contributed by atoms with van der Waals surface area (Å²) in [7, 11) is 3.19. The van der Waals surface area contributed by atoms with Crippen LogP contribution < -0.4 is 14.2 Å². The van der Waals surface area contributed by atoms with Gasteiger partial charge in [0.15, 0.2) is 22.9 Å².